The van der Waals surface area contributed by atoms with Crippen LogP contribution in [-0.4, -0.2) is 10.2 Å². The van der Waals surface area contributed by atoms with Gasteiger partial charge in [0, 0.05) is 0 Å². The molecule has 92 valence electrons. The quantitative estimate of drug-likeness (QED) is 0.369. The molecule has 6 heteroatoms. The van der Waals surface area contributed by atoms with Crippen molar-refractivity contribution >= 4 is 22.7 Å². The van der Waals surface area contributed by atoms with E-state index in [1.54, 1.807) is 24.3 Å². The number of phenols is 2. The maximum absolute atomic E-state index is 9.40. The summed E-state index contributed by atoms with van der Waals surface area (Å²) in [5.41, 5.74) is 12.2. The molecule has 2 rings (SSSR count). The SMILES string of the molecule is Nc1c(O)cccc1N=Nc1cccc(O)c1N. The van der Waals surface area contributed by atoms with Crippen LogP contribution in [0.1, 0.15) is 0 Å². The number of hydrogen-bond acceptors (Lipinski definition) is 6. The van der Waals surface area contributed by atoms with Crippen LogP contribution in [0.3, 0.4) is 0 Å². The van der Waals surface area contributed by atoms with Crippen LogP contribution in [0.5, 0.6) is 11.5 Å². The summed E-state index contributed by atoms with van der Waals surface area (Å²) in [4.78, 5) is 0. The molecule has 0 amide bonds. The Morgan fingerprint density at radius 3 is 1.50 bits per heavy atom. The molecule has 0 fully saturated rings. The first-order chi connectivity index (χ1) is 8.59. The van der Waals surface area contributed by atoms with Crippen LogP contribution in [0.15, 0.2) is 46.6 Å². The summed E-state index contributed by atoms with van der Waals surface area (Å²) < 4.78 is 0. The van der Waals surface area contributed by atoms with Crippen LogP contribution >= 0.6 is 0 Å². The molecule has 0 radical (unpaired) electrons. The summed E-state index contributed by atoms with van der Waals surface area (Å²) in [5, 5.41) is 26.6. The van der Waals surface area contributed by atoms with Gasteiger partial charge in [-0.05, 0) is 24.3 Å². The van der Waals surface area contributed by atoms with E-state index in [2.05, 4.69) is 10.2 Å². The molecule has 0 spiro atoms. The lowest BCUT2D eigenvalue weighted by Crippen LogP contribution is -1.86. The highest BCUT2D eigenvalue weighted by molar-refractivity contribution is 5.71. The van der Waals surface area contributed by atoms with Crippen LogP contribution in [0.25, 0.3) is 0 Å². The van der Waals surface area contributed by atoms with Crippen molar-refractivity contribution in [2.45, 2.75) is 0 Å². The molecule has 6 nitrogen and oxygen atoms in total. The average Bonchev–Trinajstić information content (AvgIpc) is 2.36. The fourth-order valence-electron chi connectivity index (χ4n) is 1.36. The molecule has 0 saturated carbocycles. The predicted molar refractivity (Wildman–Crippen MR) is 69.2 cm³/mol. The van der Waals surface area contributed by atoms with Crippen LogP contribution in [0.4, 0.5) is 22.7 Å². The van der Waals surface area contributed by atoms with Gasteiger partial charge in [-0.1, -0.05) is 12.1 Å². The molecular formula is C12H12N4O2. The molecule has 0 atom stereocenters. The van der Waals surface area contributed by atoms with Gasteiger partial charge in [-0.3, -0.25) is 0 Å². The van der Waals surface area contributed by atoms with E-state index in [1.165, 1.54) is 12.1 Å². The topological polar surface area (TPSA) is 117 Å². The lowest BCUT2D eigenvalue weighted by molar-refractivity contribution is 0.477. The van der Waals surface area contributed by atoms with Crippen molar-refractivity contribution in [1.82, 2.24) is 0 Å². The molecule has 6 N–H and O–H groups in total. The van der Waals surface area contributed by atoms with E-state index in [4.69, 9.17) is 11.5 Å². The number of azo groups is 1. The van der Waals surface area contributed by atoms with Crippen LogP contribution in [-0.2, 0) is 0 Å². The summed E-state index contributed by atoms with van der Waals surface area (Å²) >= 11 is 0. The first-order valence-electron chi connectivity index (χ1n) is 5.16. The van der Waals surface area contributed by atoms with Crippen molar-refractivity contribution in [3.8, 4) is 11.5 Å². The lowest BCUT2D eigenvalue weighted by atomic mass is 10.2. The Balaban J connectivity index is 2.36. The number of hydrogen-bond donors (Lipinski definition) is 4. The van der Waals surface area contributed by atoms with E-state index in [1.807, 2.05) is 0 Å². The van der Waals surface area contributed by atoms with Gasteiger partial charge in [0.15, 0.2) is 0 Å². The minimum atomic E-state index is -0.0599. The number of anilines is 2. The summed E-state index contributed by atoms with van der Waals surface area (Å²) in [6.45, 7) is 0. The first-order valence-corrected chi connectivity index (χ1v) is 5.16. The monoisotopic (exact) mass is 244 g/mol. The summed E-state index contributed by atoms with van der Waals surface area (Å²) in [6.07, 6.45) is 0. The number of nitrogens with zero attached hydrogens (tertiary/aromatic N) is 2. The molecular weight excluding hydrogens is 232 g/mol. The molecule has 2 aromatic carbocycles. The maximum Gasteiger partial charge on any atom is 0.140 e. The molecule has 0 saturated heterocycles. The third-order valence-electron chi connectivity index (χ3n) is 2.39. The van der Waals surface area contributed by atoms with Gasteiger partial charge in [0.05, 0.1) is 0 Å². The Bertz CT molecular complexity index is 558. The summed E-state index contributed by atoms with van der Waals surface area (Å²) in [7, 11) is 0. The molecule has 0 unspecified atom stereocenters. The van der Waals surface area contributed by atoms with Gasteiger partial charge in [-0.15, -0.1) is 10.2 Å². The first kappa shape index (κ1) is 11.7. The smallest absolute Gasteiger partial charge is 0.140 e. The van der Waals surface area contributed by atoms with Gasteiger partial charge in [-0.25, -0.2) is 0 Å². The maximum atomic E-state index is 9.40. The van der Waals surface area contributed by atoms with Crippen LogP contribution in [0, 0.1) is 0 Å². The Labute approximate surface area is 103 Å². The molecule has 0 aromatic heterocycles. The minimum absolute atomic E-state index is 0.0599. The second-order valence-corrected chi connectivity index (χ2v) is 3.62. The van der Waals surface area contributed by atoms with E-state index in [-0.39, 0.29) is 22.9 Å². The molecule has 18 heavy (non-hydrogen) atoms. The number of aromatic hydroxyl groups is 2. The van der Waals surface area contributed by atoms with Gasteiger partial charge in [0.2, 0.25) is 0 Å². The molecule has 2 aromatic rings. The zero-order chi connectivity index (χ0) is 13.1. The Morgan fingerprint density at radius 1 is 0.722 bits per heavy atom. The fourth-order valence-corrected chi connectivity index (χ4v) is 1.36. The van der Waals surface area contributed by atoms with Gasteiger partial charge in [0.1, 0.15) is 34.2 Å². The second kappa shape index (κ2) is 4.62. The Kier molecular flexibility index (Phi) is 3.01. The van der Waals surface area contributed by atoms with Crippen molar-refractivity contribution in [2.24, 2.45) is 10.2 Å². The van der Waals surface area contributed by atoms with E-state index >= 15 is 0 Å². The van der Waals surface area contributed by atoms with E-state index in [9.17, 15) is 10.2 Å². The molecule has 0 bridgehead atoms. The number of nitrogen functional groups attached to an aromatic ring is 2. The van der Waals surface area contributed by atoms with Crippen molar-refractivity contribution < 1.29 is 10.2 Å². The Hall–Kier alpha value is -2.76. The highest BCUT2D eigenvalue weighted by Crippen LogP contribution is 2.34. The van der Waals surface area contributed by atoms with E-state index in [0.29, 0.717) is 11.4 Å². The average molecular weight is 244 g/mol. The van der Waals surface area contributed by atoms with Crippen LogP contribution < -0.4 is 11.5 Å². The lowest BCUT2D eigenvalue weighted by Gasteiger charge is -2.02. The summed E-state index contributed by atoms with van der Waals surface area (Å²) in [5.74, 6) is -0.120. The Morgan fingerprint density at radius 2 is 1.11 bits per heavy atom. The molecule has 0 aliphatic heterocycles. The summed E-state index contributed by atoms with van der Waals surface area (Å²) in [6, 6.07) is 9.33. The van der Waals surface area contributed by atoms with Crippen LogP contribution in [0.2, 0.25) is 0 Å². The largest absolute Gasteiger partial charge is 0.506 e. The number of benzene rings is 2. The number of para-hydroxylation sites is 2. The normalized spacial score (nSPS) is 10.9. The van der Waals surface area contributed by atoms with Crippen molar-refractivity contribution in [3.05, 3.63) is 36.4 Å². The van der Waals surface area contributed by atoms with Gasteiger partial charge in [-0.2, -0.15) is 0 Å². The molecule has 0 aliphatic carbocycles. The van der Waals surface area contributed by atoms with Gasteiger partial charge >= 0.3 is 0 Å². The minimum Gasteiger partial charge on any atom is -0.506 e. The van der Waals surface area contributed by atoms with Crippen molar-refractivity contribution in [3.63, 3.8) is 0 Å². The number of nitrogens with two attached hydrogens (primary N) is 2. The van der Waals surface area contributed by atoms with Gasteiger partial charge in [0.25, 0.3) is 0 Å². The fraction of sp³-hybridized carbons (Fsp3) is 0. The predicted octanol–water partition coefficient (Wildman–Crippen LogP) is 2.68. The molecule has 0 heterocycles. The third-order valence-corrected chi connectivity index (χ3v) is 2.39. The van der Waals surface area contributed by atoms with E-state index < -0.39 is 0 Å². The highest BCUT2D eigenvalue weighted by atomic mass is 16.3. The van der Waals surface area contributed by atoms with Crippen molar-refractivity contribution in [2.75, 3.05) is 11.5 Å². The van der Waals surface area contributed by atoms with Crippen molar-refractivity contribution in [1.29, 1.82) is 0 Å². The van der Waals surface area contributed by atoms with Gasteiger partial charge < -0.3 is 21.7 Å². The molecule has 0 aliphatic rings. The zero-order valence-corrected chi connectivity index (χ0v) is 9.41. The zero-order valence-electron chi connectivity index (χ0n) is 9.41. The second-order valence-electron chi connectivity index (χ2n) is 3.62. The number of phenolic OH excluding ortho intramolecular Hbond substituents is 2. The third kappa shape index (κ3) is 2.17. The van der Waals surface area contributed by atoms with E-state index in [0.717, 1.165) is 0 Å². The highest BCUT2D eigenvalue weighted by Gasteiger charge is 2.04. The standard InChI is InChI=1S/C12H12N4O2/c13-11-7(3-1-5-9(11)17)15-16-8-4-2-6-10(18)12(8)14/h1-6,17-18H,13-14H2. The number of rotatable bonds is 2.